The average molecular weight is 1300 g/mol. The maximum atomic E-state index is 12.7. The lowest BCUT2D eigenvalue weighted by molar-refractivity contribution is 0.409. The molecule has 0 saturated heterocycles. The largest absolute Gasteiger partial charge is 0.496 e. The van der Waals surface area contributed by atoms with Gasteiger partial charge in [0.1, 0.15) is 17.3 Å². The normalized spacial score (nSPS) is 10.6. The number of rotatable bonds is 3. The quantitative estimate of drug-likeness (QED) is 0.176. The first kappa shape index (κ1) is 101. The van der Waals surface area contributed by atoms with E-state index >= 15 is 0 Å². The first-order valence-electron chi connectivity index (χ1n) is 32.2. The SMILES string of the molecule is C.C.C.C.C.CC.CC.CC(C)(C)Cc1ccccc1.CC(C)(C)Cc1ccccc1.CC(C)(C)c1cccc(F)c1.CC(C)(C)c1ccccc1.CC(C)(C)c1ccccc1.CC(C)(C)c1ccco1.CC(C)(C)c1cccs1.COc1cc(C(C)(C)C)ccc1C. The third kappa shape index (κ3) is 49.3. The summed E-state index contributed by atoms with van der Waals surface area (Å²) in [4.78, 5) is 1.46. The van der Waals surface area contributed by atoms with E-state index < -0.39 is 0 Å². The summed E-state index contributed by atoms with van der Waals surface area (Å²) in [6, 6.07) is 63.7. The summed E-state index contributed by atoms with van der Waals surface area (Å²) in [5, 5.41) is 2.13. The van der Waals surface area contributed by atoms with Crippen molar-refractivity contribution in [2.75, 3.05) is 7.11 Å². The Labute approximate surface area is 583 Å². The topological polar surface area (TPSA) is 22.4 Å². The van der Waals surface area contributed by atoms with Crippen LogP contribution in [0.2, 0.25) is 0 Å². The van der Waals surface area contributed by atoms with E-state index in [0.717, 1.165) is 29.9 Å². The van der Waals surface area contributed by atoms with Gasteiger partial charge in [0.2, 0.25) is 0 Å². The second-order valence-electron chi connectivity index (χ2n) is 30.3. The van der Waals surface area contributed by atoms with E-state index in [1.807, 2.05) is 57.2 Å². The van der Waals surface area contributed by atoms with Crippen LogP contribution in [-0.4, -0.2) is 7.11 Å². The summed E-state index contributed by atoms with van der Waals surface area (Å²) in [6.07, 6.45) is 4.03. The molecular weight excluding hydrogens is 1150 g/mol. The van der Waals surface area contributed by atoms with E-state index in [1.54, 1.807) is 25.5 Å². The van der Waals surface area contributed by atoms with Crippen molar-refractivity contribution < 1.29 is 13.5 Å². The number of furan rings is 1. The van der Waals surface area contributed by atoms with E-state index in [0.29, 0.717) is 27.1 Å². The lowest BCUT2D eigenvalue weighted by Gasteiger charge is -2.20. The fourth-order valence-electron chi connectivity index (χ4n) is 7.94. The van der Waals surface area contributed by atoms with Crippen molar-refractivity contribution in [3.8, 4) is 5.75 Å². The summed E-state index contributed by atoms with van der Waals surface area (Å²) in [5.41, 5.74) is 11.3. The van der Waals surface area contributed by atoms with Crippen LogP contribution in [0.25, 0.3) is 0 Å². The van der Waals surface area contributed by atoms with Crippen LogP contribution in [0.3, 0.4) is 0 Å². The lowest BCUT2D eigenvalue weighted by atomic mass is 9.86. The highest BCUT2D eigenvalue weighted by Crippen LogP contribution is 2.29. The molecule has 0 aliphatic rings. The Morgan fingerprint density at radius 2 is 0.699 bits per heavy atom. The number of hydrogen-bond donors (Lipinski definition) is 0. The van der Waals surface area contributed by atoms with E-state index in [9.17, 15) is 4.39 Å². The molecule has 0 fully saturated rings. The molecule has 0 radical (unpaired) electrons. The van der Waals surface area contributed by atoms with E-state index in [-0.39, 0.29) is 59.2 Å². The van der Waals surface area contributed by atoms with Gasteiger partial charge in [-0.2, -0.15) is 0 Å². The predicted octanol–water partition coefficient (Wildman–Crippen LogP) is 29.8. The van der Waals surface area contributed by atoms with Crippen LogP contribution in [0.15, 0.2) is 204 Å². The van der Waals surface area contributed by atoms with Crippen LogP contribution in [0.5, 0.6) is 5.75 Å². The standard InChI is InChI=1S/C12H18O.2C11H16.C10H13F.2C10H14.C8H12O.C8H12S.2C2H6.5CH4/c1-9-6-7-10(12(2,3)4)8-11(9)13-5;2*1-11(2,3)9-10-7-5-4-6-8-10;1-10(2,3)8-5-4-6-9(11)7-8;2*1-10(2,3)9-7-5-4-6-8-9;2*1-8(2,3)7-5-4-6-9-7;2*1-2;;;;;/h6-8H,1-5H3;2*4-8H,9H2,1-3H3;4-7H,1-3H3;2*4-8H,1-3H3;2*4-6H,1-3H3;2*1-2H3;5*1H4. The van der Waals surface area contributed by atoms with Crippen LogP contribution >= 0.6 is 11.3 Å². The molecule has 4 heteroatoms. The average Bonchev–Trinajstić information content (AvgIpc) is 2.70. The van der Waals surface area contributed by atoms with Crippen LogP contribution in [0.1, 0.15) is 281 Å². The Morgan fingerprint density at radius 3 is 0.925 bits per heavy atom. The highest BCUT2D eigenvalue weighted by atomic mass is 32.1. The van der Waals surface area contributed by atoms with E-state index in [1.165, 1.54) is 44.3 Å². The second kappa shape index (κ2) is 48.7. The molecule has 8 rings (SSSR count). The summed E-state index contributed by atoms with van der Waals surface area (Å²) in [6.45, 7) is 62.9. The van der Waals surface area contributed by atoms with Crippen LogP contribution in [0.4, 0.5) is 4.39 Å². The molecule has 93 heavy (non-hydrogen) atoms. The van der Waals surface area contributed by atoms with Gasteiger partial charge in [-0.15, -0.1) is 11.3 Å². The zero-order valence-electron chi connectivity index (χ0n) is 61.6. The third-order valence-electron chi connectivity index (χ3n) is 12.9. The van der Waals surface area contributed by atoms with Crippen LogP contribution in [0, 0.1) is 23.6 Å². The molecule has 528 valence electrons. The Kier molecular flexibility index (Phi) is 52.6. The van der Waals surface area contributed by atoms with Gasteiger partial charge >= 0.3 is 0 Å². The van der Waals surface area contributed by atoms with Gasteiger partial charge in [-0.1, -0.05) is 383 Å². The van der Waals surface area contributed by atoms with Crippen molar-refractivity contribution in [1.82, 2.24) is 0 Å². The summed E-state index contributed by atoms with van der Waals surface area (Å²) in [5.74, 6) is 1.87. The molecule has 2 nitrogen and oxygen atoms in total. The minimum Gasteiger partial charge on any atom is -0.496 e. The molecule has 2 aromatic heterocycles. The van der Waals surface area contributed by atoms with Gasteiger partial charge in [0, 0.05) is 10.3 Å². The minimum absolute atomic E-state index is 0. The van der Waals surface area contributed by atoms with E-state index in [4.69, 9.17) is 9.15 Å². The maximum Gasteiger partial charge on any atom is 0.123 e. The highest BCUT2D eigenvalue weighted by molar-refractivity contribution is 7.10. The number of ether oxygens (including phenoxy) is 1. The van der Waals surface area contributed by atoms with Gasteiger partial charge in [-0.05, 0) is 138 Å². The van der Waals surface area contributed by atoms with Crippen molar-refractivity contribution >= 4 is 11.3 Å². The monoisotopic (exact) mass is 1300 g/mol. The molecular formula is C89H147FO2S. The number of aryl methyl sites for hydroxylation is 1. The molecule has 0 aliphatic heterocycles. The second-order valence-corrected chi connectivity index (χ2v) is 31.3. The van der Waals surface area contributed by atoms with Crippen LogP contribution in [-0.2, 0) is 45.3 Å². The number of methoxy groups -OCH3 is 1. The fraction of sp³-hybridized carbons (Fsp3) is 0.506. The number of thiophene rings is 1. The first-order valence-corrected chi connectivity index (χ1v) is 33.1. The predicted molar refractivity (Wildman–Crippen MR) is 428 cm³/mol. The van der Waals surface area contributed by atoms with Gasteiger partial charge in [-0.25, -0.2) is 4.39 Å². The molecule has 0 saturated carbocycles. The molecule has 6 aromatic carbocycles. The molecule has 0 atom stereocenters. The van der Waals surface area contributed by atoms with Gasteiger partial charge in [-0.3, -0.25) is 0 Å². The van der Waals surface area contributed by atoms with Crippen molar-refractivity contribution in [3.05, 3.63) is 255 Å². The van der Waals surface area contributed by atoms with Gasteiger partial charge < -0.3 is 9.15 Å². The molecule has 0 bridgehead atoms. The zero-order valence-corrected chi connectivity index (χ0v) is 62.4. The van der Waals surface area contributed by atoms with Crippen molar-refractivity contribution in [2.24, 2.45) is 10.8 Å². The van der Waals surface area contributed by atoms with Crippen LogP contribution < -0.4 is 4.74 Å². The maximum absolute atomic E-state index is 12.7. The number of benzene rings is 6. The smallest absolute Gasteiger partial charge is 0.123 e. The summed E-state index contributed by atoms with van der Waals surface area (Å²) < 4.78 is 23.2. The van der Waals surface area contributed by atoms with Crippen molar-refractivity contribution in [3.63, 3.8) is 0 Å². The minimum atomic E-state index is -0.155. The molecule has 0 amide bonds. The first-order chi connectivity index (χ1) is 40.5. The van der Waals surface area contributed by atoms with Gasteiger partial charge in [0.25, 0.3) is 0 Å². The summed E-state index contributed by atoms with van der Waals surface area (Å²) in [7, 11) is 1.72. The summed E-state index contributed by atoms with van der Waals surface area (Å²) >= 11 is 1.83. The molecule has 0 aliphatic carbocycles. The molecule has 2 heterocycles. The number of hydrogen-bond acceptors (Lipinski definition) is 3. The molecule has 8 aromatic rings. The zero-order chi connectivity index (χ0) is 68.2. The molecule has 0 spiro atoms. The number of halogens is 1. The fourth-order valence-corrected chi connectivity index (χ4v) is 8.76. The van der Waals surface area contributed by atoms with Gasteiger partial charge in [0.05, 0.1) is 13.4 Å². The van der Waals surface area contributed by atoms with Crippen molar-refractivity contribution in [2.45, 2.75) is 283 Å². The molecule has 0 N–H and O–H groups in total. The Bertz CT molecular complexity index is 2750. The Morgan fingerprint density at radius 1 is 0.355 bits per heavy atom. The lowest BCUT2D eigenvalue weighted by Crippen LogP contribution is -2.11. The Balaban J connectivity index is -0.000000179. The third-order valence-corrected chi connectivity index (χ3v) is 14.2. The Hall–Kier alpha value is -5.97. The van der Waals surface area contributed by atoms with Crippen molar-refractivity contribution in [1.29, 1.82) is 0 Å². The highest BCUT2D eigenvalue weighted by Gasteiger charge is 2.18. The van der Waals surface area contributed by atoms with E-state index in [2.05, 4.69) is 330 Å². The van der Waals surface area contributed by atoms with Gasteiger partial charge in [0.15, 0.2) is 0 Å². The molecule has 0 unspecified atom stereocenters.